The lowest BCUT2D eigenvalue weighted by Crippen LogP contribution is -2.34. The summed E-state index contributed by atoms with van der Waals surface area (Å²) in [6.07, 6.45) is 2.74. The van der Waals surface area contributed by atoms with Crippen molar-refractivity contribution >= 4 is 68.0 Å². The first kappa shape index (κ1) is 26.3. The molecule has 0 unspecified atom stereocenters. The Morgan fingerprint density at radius 3 is 2.71 bits per heavy atom. The molecule has 2 aromatic carbocycles. The molecule has 0 fully saturated rings. The molecule has 2 N–H and O–H groups in total. The van der Waals surface area contributed by atoms with Crippen LogP contribution in [0, 0.1) is 5.92 Å². The Morgan fingerprint density at radius 2 is 1.95 bits per heavy atom. The van der Waals surface area contributed by atoms with Crippen LogP contribution in [-0.4, -0.2) is 28.6 Å². The average Bonchev–Trinajstić information content (AvgIpc) is 3.25. The number of pyridine rings is 1. The zero-order valence-corrected chi connectivity index (χ0v) is 23.4. The van der Waals surface area contributed by atoms with Gasteiger partial charge in [-0.25, -0.2) is 9.78 Å². The number of rotatable bonds is 5. The number of thiophene rings is 1. The van der Waals surface area contributed by atoms with E-state index in [0.29, 0.717) is 43.7 Å². The Labute approximate surface area is 235 Å². The molecule has 2 heterocycles. The van der Waals surface area contributed by atoms with E-state index in [0.717, 1.165) is 35.3 Å². The van der Waals surface area contributed by atoms with Gasteiger partial charge in [0, 0.05) is 20.8 Å². The minimum atomic E-state index is -0.371. The molecule has 6 nitrogen and oxygen atoms in total. The third kappa shape index (κ3) is 5.43. The van der Waals surface area contributed by atoms with Crippen molar-refractivity contribution in [2.75, 3.05) is 11.9 Å². The van der Waals surface area contributed by atoms with Gasteiger partial charge in [0.15, 0.2) is 5.11 Å². The van der Waals surface area contributed by atoms with Crippen molar-refractivity contribution < 1.29 is 14.3 Å². The normalized spacial score (nSPS) is 14.6. The van der Waals surface area contributed by atoms with Crippen LogP contribution in [0.25, 0.3) is 22.2 Å². The van der Waals surface area contributed by atoms with Crippen LogP contribution < -0.4 is 10.6 Å². The third-order valence-electron chi connectivity index (χ3n) is 6.55. The highest BCUT2D eigenvalue weighted by Crippen LogP contribution is 2.40. The number of carbonyl (C=O) groups excluding carboxylic acids is 2. The predicted octanol–water partition coefficient (Wildman–Crippen LogP) is 7.05. The first-order valence-electron chi connectivity index (χ1n) is 12.4. The van der Waals surface area contributed by atoms with Gasteiger partial charge in [0.2, 0.25) is 0 Å². The average molecular weight is 564 g/mol. The Bertz CT molecular complexity index is 1550. The zero-order chi connectivity index (χ0) is 26.8. The summed E-state index contributed by atoms with van der Waals surface area (Å²) in [5.41, 5.74) is 4.16. The van der Waals surface area contributed by atoms with Gasteiger partial charge in [-0.05, 0) is 74.2 Å². The predicted molar refractivity (Wildman–Crippen MR) is 157 cm³/mol. The van der Waals surface area contributed by atoms with Crippen molar-refractivity contribution in [3.63, 3.8) is 0 Å². The van der Waals surface area contributed by atoms with Crippen molar-refractivity contribution in [2.24, 2.45) is 5.92 Å². The maximum Gasteiger partial charge on any atom is 0.341 e. The van der Waals surface area contributed by atoms with Gasteiger partial charge in [-0.2, -0.15) is 0 Å². The highest BCUT2D eigenvalue weighted by Gasteiger charge is 2.29. The number of nitrogens with zero attached hydrogens (tertiary/aromatic N) is 1. The molecular weight excluding hydrogens is 538 g/mol. The summed E-state index contributed by atoms with van der Waals surface area (Å²) in [6.45, 7) is 4.28. The van der Waals surface area contributed by atoms with E-state index < -0.39 is 0 Å². The van der Waals surface area contributed by atoms with Crippen LogP contribution in [0.1, 0.15) is 51.4 Å². The third-order valence-corrected chi connectivity index (χ3v) is 8.17. The Kier molecular flexibility index (Phi) is 7.74. The number of amides is 1. The monoisotopic (exact) mass is 563 g/mol. The lowest BCUT2D eigenvalue weighted by Gasteiger charge is -2.18. The fraction of sp³-hybridized carbons (Fsp3) is 0.241. The second-order valence-corrected chi connectivity index (χ2v) is 11.2. The van der Waals surface area contributed by atoms with E-state index in [4.69, 9.17) is 33.5 Å². The number of benzene rings is 2. The summed E-state index contributed by atoms with van der Waals surface area (Å²) >= 11 is 13.1. The number of hydrogen-bond acceptors (Lipinski definition) is 6. The maximum absolute atomic E-state index is 13.5. The van der Waals surface area contributed by atoms with E-state index in [2.05, 4.69) is 17.6 Å². The maximum atomic E-state index is 13.5. The summed E-state index contributed by atoms with van der Waals surface area (Å²) in [4.78, 5) is 32.2. The number of carbonyl (C=O) groups is 2. The zero-order valence-electron chi connectivity index (χ0n) is 21.0. The van der Waals surface area contributed by atoms with Crippen LogP contribution in [0.3, 0.4) is 0 Å². The summed E-state index contributed by atoms with van der Waals surface area (Å²) in [5.74, 6) is -0.196. The highest BCUT2D eigenvalue weighted by atomic mass is 35.5. The van der Waals surface area contributed by atoms with Gasteiger partial charge in [-0.3, -0.25) is 10.1 Å². The van der Waals surface area contributed by atoms with Gasteiger partial charge in [0.1, 0.15) is 5.00 Å². The number of para-hydroxylation sites is 1. The van der Waals surface area contributed by atoms with E-state index in [1.165, 1.54) is 11.3 Å². The molecule has 0 aliphatic heterocycles. The minimum absolute atomic E-state index is 0.112. The minimum Gasteiger partial charge on any atom is -0.462 e. The van der Waals surface area contributed by atoms with Gasteiger partial charge in [0.25, 0.3) is 5.91 Å². The van der Waals surface area contributed by atoms with E-state index in [9.17, 15) is 9.59 Å². The molecule has 0 radical (unpaired) electrons. The fourth-order valence-corrected chi connectivity index (χ4v) is 6.48. The molecule has 4 aromatic rings. The summed E-state index contributed by atoms with van der Waals surface area (Å²) in [6, 6.07) is 16.5. The molecular formula is C29H26ClN3O3S2. The molecule has 0 spiro atoms. The number of hydrogen-bond donors (Lipinski definition) is 2. The molecule has 1 aliphatic rings. The SMILES string of the molecule is CCOC(=O)c1c(NC(=S)NC(=O)c2cc(-c3ccc(Cl)cc3)nc3ccccc23)sc2c1CC[C@@H](C)C2. The Morgan fingerprint density at radius 1 is 1.18 bits per heavy atom. The van der Waals surface area contributed by atoms with E-state index in [1.807, 2.05) is 36.4 Å². The molecule has 0 saturated carbocycles. The number of esters is 1. The molecule has 1 aliphatic carbocycles. The molecule has 1 atom stereocenters. The van der Waals surface area contributed by atoms with Gasteiger partial charge in [-0.1, -0.05) is 48.9 Å². The fourth-order valence-electron chi connectivity index (χ4n) is 4.69. The Balaban J connectivity index is 1.43. The quantitative estimate of drug-likeness (QED) is 0.200. The first-order chi connectivity index (χ1) is 18.3. The van der Waals surface area contributed by atoms with Crippen LogP contribution in [0.5, 0.6) is 0 Å². The van der Waals surface area contributed by atoms with E-state index >= 15 is 0 Å². The number of halogens is 1. The summed E-state index contributed by atoms with van der Waals surface area (Å²) < 4.78 is 5.34. The number of ether oxygens (including phenoxy) is 1. The largest absolute Gasteiger partial charge is 0.462 e. The summed E-state index contributed by atoms with van der Waals surface area (Å²) in [7, 11) is 0. The number of aromatic nitrogens is 1. The molecule has 9 heteroatoms. The molecule has 1 amide bonds. The lowest BCUT2D eigenvalue weighted by molar-refractivity contribution is 0.0526. The number of nitrogens with one attached hydrogen (secondary N) is 2. The van der Waals surface area contributed by atoms with Gasteiger partial charge >= 0.3 is 5.97 Å². The second-order valence-electron chi connectivity index (χ2n) is 9.26. The smallest absolute Gasteiger partial charge is 0.341 e. The van der Waals surface area contributed by atoms with Crippen molar-refractivity contribution in [2.45, 2.75) is 33.1 Å². The van der Waals surface area contributed by atoms with Crippen LogP contribution in [-0.2, 0) is 17.6 Å². The van der Waals surface area contributed by atoms with Crippen molar-refractivity contribution in [3.05, 3.63) is 81.2 Å². The standard InChI is InChI=1S/C29H26ClN3O3S2/c1-3-36-28(35)25-20-13-8-16(2)14-24(20)38-27(25)33-29(37)32-26(34)21-15-23(17-9-11-18(30)12-10-17)31-22-7-5-4-6-19(21)22/h4-7,9-12,15-16H,3,8,13-14H2,1-2H3,(H2,32,33,34,37)/t16-/m1/s1. The van der Waals surface area contributed by atoms with Gasteiger partial charge < -0.3 is 10.1 Å². The van der Waals surface area contributed by atoms with Crippen molar-refractivity contribution in [1.82, 2.24) is 10.3 Å². The topological polar surface area (TPSA) is 80.3 Å². The number of fused-ring (bicyclic) bond motifs is 2. The van der Waals surface area contributed by atoms with Crippen molar-refractivity contribution in [3.8, 4) is 11.3 Å². The molecule has 2 aromatic heterocycles. The van der Waals surface area contributed by atoms with Gasteiger partial charge in [-0.15, -0.1) is 11.3 Å². The number of thiocarbonyl (C=S) groups is 1. The molecule has 38 heavy (non-hydrogen) atoms. The number of anilines is 1. The van der Waals surface area contributed by atoms with E-state index in [1.54, 1.807) is 25.1 Å². The van der Waals surface area contributed by atoms with Crippen LogP contribution in [0.15, 0.2) is 54.6 Å². The molecule has 5 rings (SSSR count). The first-order valence-corrected chi connectivity index (χ1v) is 14.0. The second kappa shape index (κ2) is 11.2. The summed E-state index contributed by atoms with van der Waals surface area (Å²) in [5, 5.41) is 7.95. The molecule has 0 saturated heterocycles. The highest BCUT2D eigenvalue weighted by molar-refractivity contribution is 7.80. The molecule has 194 valence electrons. The van der Waals surface area contributed by atoms with Crippen LogP contribution in [0.4, 0.5) is 5.00 Å². The Hall–Kier alpha value is -3.33. The molecule has 0 bridgehead atoms. The van der Waals surface area contributed by atoms with Gasteiger partial charge in [0.05, 0.1) is 28.9 Å². The van der Waals surface area contributed by atoms with Crippen LogP contribution in [0.2, 0.25) is 5.02 Å². The lowest BCUT2D eigenvalue weighted by atomic mass is 9.88. The van der Waals surface area contributed by atoms with E-state index in [-0.39, 0.29) is 23.6 Å². The van der Waals surface area contributed by atoms with Crippen LogP contribution >= 0.6 is 35.2 Å². The van der Waals surface area contributed by atoms with Crippen molar-refractivity contribution in [1.29, 1.82) is 0 Å².